The SMILES string of the molecule is Oc1cc2ccccc2c(/C=N/C2(/N=C/c3c(O)c(O)cc4ccccc34)c3cccc(Br)c3-c3c(Br)cccc32)c1O.[Ni].[Ni]. The van der Waals surface area contributed by atoms with Crippen molar-refractivity contribution in [2.75, 3.05) is 0 Å². The summed E-state index contributed by atoms with van der Waals surface area (Å²) < 4.78 is 1.70. The molecule has 0 radical (unpaired) electrons. The van der Waals surface area contributed by atoms with Gasteiger partial charge in [-0.15, -0.1) is 0 Å². The van der Waals surface area contributed by atoms with E-state index < -0.39 is 5.66 Å². The number of rotatable bonds is 4. The molecule has 0 saturated heterocycles. The Bertz CT molecular complexity index is 2030. The Morgan fingerprint density at radius 3 is 1.36 bits per heavy atom. The number of fused-ring (bicyclic) bond motifs is 5. The standard InChI is InChI=1S/C35H22Br2N2O4.2Ni/c36-27-13-5-11-25-31(27)32-26(12-6-14-28(32)37)35(25,38-17-23-21-9-3-1-7-19(21)15-29(40)33(23)42)39-18-24-22-10-4-2-8-20(22)16-30(41)34(24)43;;/h1-18,40-43H;;/b38-17+,39-18+;;. The molecule has 6 nitrogen and oxygen atoms in total. The van der Waals surface area contributed by atoms with Crippen LogP contribution in [-0.2, 0) is 38.6 Å². The molecule has 7 rings (SSSR count). The van der Waals surface area contributed by atoms with Crippen molar-refractivity contribution in [3.8, 4) is 34.1 Å². The Hall–Kier alpha value is -3.67. The van der Waals surface area contributed by atoms with Crippen LogP contribution < -0.4 is 0 Å². The largest absolute Gasteiger partial charge is 0.504 e. The van der Waals surface area contributed by atoms with Crippen molar-refractivity contribution in [2.24, 2.45) is 9.98 Å². The number of phenols is 4. The van der Waals surface area contributed by atoms with Crippen molar-refractivity contribution in [3.05, 3.63) is 128 Å². The average molecular weight is 812 g/mol. The van der Waals surface area contributed by atoms with Crippen LogP contribution in [0.5, 0.6) is 23.0 Å². The van der Waals surface area contributed by atoms with Gasteiger partial charge in [-0.2, -0.15) is 0 Å². The fraction of sp³-hybridized carbons (Fsp3) is 0.0286. The molecule has 0 spiro atoms. The fourth-order valence-corrected chi connectivity index (χ4v) is 7.00. The van der Waals surface area contributed by atoms with Crippen molar-refractivity contribution in [1.82, 2.24) is 0 Å². The average Bonchev–Trinajstić information content (AvgIpc) is 3.29. The summed E-state index contributed by atoms with van der Waals surface area (Å²) in [6, 6.07) is 29.5. The molecule has 0 unspecified atom stereocenters. The molecule has 4 N–H and O–H groups in total. The summed E-state index contributed by atoms with van der Waals surface area (Å²) in [7, 11) is 0. The van der Waals surface area contributed by atoms with Crippen LogP contribution in [0, 0.1) is 0 Å². The number of phenolic OH excluding ortho intramolecular Hbond substituents is 4. The van der Waals surface area contributed by atoms with Gasteiger partial charge in [0.1, 0.15) is 0 Å². The third-order valence-corrected chi connectivity index (χ3v) is 9.19. The molecule has 1 aliphatic rings. The number of aromatic hydroxyl groups is 4. The fourth-order valence-electron chi connectivity index (χ4n) is 5.87. The Morgan fingerprint density at radius 2 is 0.933 bits per heavy atom. The second-order valence-corrected chi connectivity index (χ2v) is 12.0. The minimum atomic E-state index is -1.36. The van der Waals surface area contributed by atoms with Gasteiger partial charge in [-0.3, -0.25) is 9.98 Å². The van der Waals surface area contributed by atoms with Gasteiger partial charge in [-0.1, -0.05) is 105 Å². The van der Waals surface area contributed by atoms with E-state index in [9.17, 15) is 20.4 Å². The molecule has 6 aromatic rings. The van der Waals surface area contributed by atoms with E-state index in [-0.39, 0.29) is 56.0 Å². The molecule has 230 valence electrons. The van der Waals surface area contributed by atoms with Gasteiger partial charge in [0.05, 0.1) is 0 Å². The third-order valence-electron chi connectivity index (χ3n) is 7.87. The molecule has 0 saturated carbocycles. The predicted octanol–water partition coefficient (Wildman–Crippen LogP) is 8.76. The van der Waals surface area contributed by atoms with Gasteiger partial charge < -0.3 is 20.4 Å². The number of hydrogen-bond acceptors (Lipinski definition) is 6. The van der Waals surface area contributed by atoms with Crippen molar-refractivity contribution in [3.63, 3.8) is 0 Å². The van der Waals surface area contributed by atoms with Crippen LogP contribution in [0.15, 0.2) is 116 Å². The minimum Gasteiger partial charge on any atom is -0.504 e. The second kappa shape index (κ2) is 12.6. The summed E-state index contributed by atoms with van der Waals surface area (Å²) in [5.41, 5.74) is 2.65. The van der Waals surface area contributed by atoms with Gasteiger partial charge in [0.25, 0.3) is 0 Å². The van der Waals surface area contributed by atoms with Crippen LogP contribution in [0.2, 0.25) is 0 Å². The van der Waals surface area contributed by atoms with Gasteiger partial charge in [0, 0.05) is 87.7 Å². The maximum atomic E-state index is 11.0. The Labute approximate surface area is 295 Å². The first-order chi connectivity index (χ1) is 20.8. The Balaban J connectivity index is 0.00000200. The molecule has 6 aromatic carbocycles. The van der Waals surface area contributed by atoms with Crippen molar-refractivity contribution in [2.45, 2.75) is 5.66 Å². The van der Waals surface area contributed by atoms with Gasteiger partial charge in [0.2, 0.25) is 5.66 Å². The van der Waals surface area contributed by atoms with E-state index in [4.69, 9.17) is 9.98 Å². The maximum Gasteiger partial charge on any atom is 0.202 e. The summed E-state index contributed by atoms with van der Waals surface area (Å²) in [4.78, 5) is 10.2. The van der Waals surface area contributed by atoms with E-state index in [1.807, 2.05) is 84.9 Å². The molecule has 0 amide bonds. The number of benzene rings is 6. The van der Waals surface area contributed by atoms with Crippen LogP contribution in [0.1, 0.15) is 22.3 Å². The molecular formula is C35H22Br2N2Ni2O4. The van der Waals surface area contributed by atoms with Crippen LogP contribution >= 0.6 is 31.9 Å². The van der Waals surface area contributed by atoms with Gasteiger partial charge in [-0.05, 0) is 45.8 Å². The van der Waals surface area contributed by atoms with E-state index in [2.05, 4.69) is 31.9 Å². The molecule has 0 aromatic heterocycles. The Kier molecular flexibility index (Phi) is 9.17. The summed E-state index contributed by atoms with van der Waals surface area (Å²) in [5.74, 6) is -1.10. The third kappa shape index (κ3) is 5.24. The minimum absolute atomic E-state index is 0. The number of nitrogens with zero attached hydrogens (tertiary/aromatic N) is 2. The monoisotopic (exact) mass is 808 g/mol. The number of hydrogen-bond donors (Lipinski definition) is 4. The van der Waals surface area contributed by atoms with Crippen LogP contribution in [0.4, 0.5) is 0 Å². The summed E-state index contributed by atoms with van der Waals surface area (Å²) in [6.45, 7) is 0. The molecule has 1 aliphatic carbocycles. The van der Waals surface area contributed by atoms with E-state index in [0.717, 1.165) is 42.0 Å². The van der Waals surface area contributed by atoms with Crippen LogP contribution in [-0.4, -0.2) is 32.9 Å². The molecule has 0 bridgehead atoms. The zero-order valence-corrected chi connectivity index (χ0v) is 28.1. The number of halogens is 2. The first-order valence-corrected chi connectivity index (χ1v) is 14.9. The topological polar surface area (TPSA) is 106 Å². The smallest absolute Gasteiger partial charge is 0.202 e. The van der Waals surface area contributed by atoms with E-state index >= 15 is 0 Å². The molecule has 0 aliphatic heterocycles. The summed E-state index contributed by atoms with van der Waals surface area (Å²) in [6.07, 6.45) is 3.08. The normalized spacial score (nSPS) is 13.1. The van der Waals surface area contributed by atoms with Crippen LogP contribution in [0.3, 0.4) is 0 Å². The van der Waals surface area contributed by atoms with Gasteiger partial charge in [-0.25, -0.2) is 0 Å². The van der Waals surface area contributed by atoms with Crippen molar-refractivity contribution >= 4 is 65.8 Å². The molecule has 0 fully saturated rings. The predicted molar refractivity (Wildman–Crippen MR) is 178 cm³/mol. The van der Waals surface area contributed by atoms with E-state index in [0.29, 0.717) is 21.9 Å². The summed E-state index contributed by atoms with van der Waals surface area (Å²) in [5, 5.41) is 45.9. The second-order valence-electron chi connectivity index (χ2n) is 10.3. The summed E-state index contributed by atoms with van der Waals surface area (Å²) >= 11 is 7.46. The van der Waals surface area contributed by atoms with Crippen molar-refractivity contribution < 1.29 is 53.4 Å². The molecular weight excluding hydrogens is 790 g/mol. The first kappa shape index (κ1) is 32.7. The number of aliphatic imine (C=N–C) groups is 2. The molecule has 10 heteroatoms. The zero-order valence-electron chi connectivity index (χ0n) is 23.0. The van der Waals surface area contributed by atoms with E-state index in [1.165, 1.54) is 24.6 Å². The Morgan fingerprint density at radius 1 is 0.533 bits per heavy atom. The molecule has 0 atom stereocenters. The quantitative estimate of drug-likeness (QED) is 0.0812. The zero-order chi connectivity index (χ0) is 29.9. The van der Waals surface area contributed by atoms with Crippen molar-refractivity contribution in [1.29, 1.82) is 0 Å². The molecule has 0 heterocycles. The maximum absolute atomic E-state index is 11.0. The van der Waals surface area contributed by atoms with E-state index in [1.54, 1.807) is 0 Å². The van der Waals surface area contributed by atoms with Gasteiger partial charge in [0.15, 0.2) is 23.0 Å². The van der Waals surface area contributed by atoms with Gasteiger partial charge >= 0.3 is 0 Å². The van der Waals surface area contributed by atoms with Crippen LogP contribution in [0.25, 0.3) is 32.7 Å². The first-order valence-electron chi connectivity index (χ1n) is 13.4. The molecule has 45 heavy (non-hydrogen) atoms.